The molecule has 5 atom stereocenters. The van der Waals surface area contributed by atoms with Crippen LogP contribution in [0.4, 0.5) is 0 Å². The highest BCUT2D eigenvalue weighted by Gasteiger charge is 2.42. The Hall–Kier alpha value is -2.61. The molecule has 3 aliphatic carbocycles. The van der Waals surface area contributed by atoms with E-state index in [0.29, 0.717) is 41.4 Å². The molecule has 1 saturated carbocycles. The van der Waals surface area contributed by atoms with Gasteiger partial charge in [0.1, 0.15) is 11.5 Å². The van der Waals surface area contributed by atoms with Gasteiger partial charge in [0.25, 0.3) is 0 Å². The Morgan fingerprint density at radius 2 is 1.79 bits per heavy atom. The number of hydrogen-bond donors (Lipinski definition) is 3. The molecule has 4 bridgehead atoms. The van der Waals surface area contributed by atoms with Gasteiger partial charge in [0.15, 0.2) is 11.5 Å². The Labute approximate surface area is 230 Å². The Bertz CT molecular complexity index is 1420. The summed E-state index contributed by atoms with van der Waals surface area (Å²) in [6.45, 7) is 0. The Kier molecular flexibility index (Phi) is 7.10. The fourth-order valence-electron chi connectivity index (χ4n) is 6.54. The first-order valence-corrected chi connectivity index (χ1v) is 15.6. The van der Waals surface area contributed by atoms with Crippen LogP contribution in [0, 0.1) is 17.8 Å². The molecule has 198 valence electrons. The zero-order chi connectivity index (χ0) is 26.4. The molecule has 8 rings (SSSR count). The van der Waals surface area contributed by atoms with E-state index < -0.39 is 6.10 Å². The van der Waals surface area contributed by atoms with E-state index in [-0.39, 0.29) is 29.6 Å². The lowest BCUT2D eigenvalue weighted by atomic mass is 9.66. The van der Waals surface area contributed by atoms with Crippen molar-refractivity contribution < 1.29 is 24.9 Å². The molecule has 0 radical (unpaired) electrons. The van der Waals surface area contributed by atoms with Crippen molar-refractivity contribution in [2.24, 2.45) is 17.8 Å². The van der Waals surface area contributed by atoms with Crippen molar-refractivity contribution >= 4 is 38.1 Å². The number of aliphatic hydroxyl groups is 1. The maximum atomic E-state index is 13.1. The van der Waals surface area contributed by atoms with Crippen LogP contribution in [0.3, 0.4) is 0 Å². The van der Waals surface area contributed by atoms with Crippen LogP contribution in [0.1, 0.15) is 36.8 Å². The average molecular weight is 549 g/mol. The number of aryl methyl sites for hydroxylation is 1. The van der Waals surface area contributed by atoms with Crippen LogP contribution in [-0.2, 0) is 17.0 Å². The number of aromatic hydroxyl groups is 2. The van der Waals surface area contributed by atoms with E-state index in [1.54, 1.807) is 19.2 Å². The van der Waals surface area contributed by atoms with Crippen molar-refractivity contribution in [3.05, 3.63) is 65.7 Å². The second kappa shape index (κ2) is 10.5. The van der Waals surface area contributed by atoms with E-state index >= 15 is 0 Å². The smallest absolute Gasteiger partial charge is 0.168 e. The Balaban J connectivity index is 1.49. The van der Waals surface area contributed by atoms with Crippen LogP contribution in [0.2, 0.25) is 0 Å². The molecule has 2 aliphatic heterocycles. The normalized spacial score (nSPS) is 27.3. The number of hydrogen-bond acceptors (Lipinski definition) is 7. The second-order valence-electron chi connectivity index (χ2n) is 10.7. The van der Waals surface area contributed by atoms with E-state index in [9.17, 15) is 20.1 Å². The molecule has 0 amide bonds. The third-order valence-electron chi connectivity index (χ3n) is 8.49. The number of allylic oxidation sites excluding steroid dienone is 2. The number of benzene rings is 3. The molecule has 2 heterocycles. The number of phenols is 2. The molecule has 38 heavy (non-hydrogen) atoms. The van der Waals surface area contributed by atoms with E-state index in [4.69, 9.17) is 4.74 Å². The number of fused-ring (bicyclic) bond motifs is 7. The van der Waals surface area contributed by atoms with Crippen LogP contribution in [0.15, 0.2) is 54.6 Å². The average Bonchev–Trinajstić information content (AvgIpc) is 2.92. The van der Waals surface area contributed by atoms with Gasteiger partial charge >= 0.3 is 0 Å². The van der Waals surface area contributed by atoms with E-state index in [1.165, 1.54) is 0 Å². The third-order valence-corrected chi connectivity index (χ3v) is 11.3. The van der Waals surface area contributed by atoms with Gasteiger partial charge in [-0.25, -0.2) is 0 Å². The summed E-state index contributed by atoms with van der Waals surface area (Å²) in [7, 11) is 5.28. The molecule has 1 fully saturated rings. The van der Waals surface area contributed by atoms with Crippen molar-refractivity contribution in [3.8, 4) is 28.4 Å². The number of rotatable bonds is 1. The third kappa shape index (κ3) is 4.69. The van der Waals surface area contributed by atoms with Gasteiger partial charge in [-0.15, -0.1) is 0 Å². The van der Waals surface area contributed by atoms with Crippen LogP contribution in [-0.4, -0.2) is 39.6 Å². The molecule has 7 heteroatoms. The van der Waals surface area contributed by atoms with E-state index in [1.807, 2.05) is 45.9 Å². The molecular formula is C31H32O5S2. The minimum absolute atomic E-state index is 0.0477. The molecule has 5 unspecified atom stereocenters. The van der Waals surface area contributed by atoms with Crippen LogP contribution >= 0.6 is 21.6 Å². The van der Waals surface area contributed by atoms with Gasteiger partial charge in [0.05, 0.1) is 13.2 Å². The fraction of sp³-hybridized carbons (Fsp3) is 0.387. The van der Waals surface area contributed by atoms with Crippen LogP contribution in [0.5, 0.6) is 17.2 Å². The molecule has 3 N–H and O–H groups in total. The number of ether oxygens (including phenoxy) is 1. The predicted molar refractivity (Wildman–Crippen MR) is 155 cm³/mol. The maximum absolute atomic E-state index is 13.1. The van der Waals surface area contributed by atoms with Gasteiger partial charge in [-0.2, -0.15) is 0 Å². The van der Waals surface area contributed by atoms with Crippen molar-refractivity contribution in [1.29, 1.82) is 0 Å². The Morgan fingerprint density at radius 1 is 0.974 bits per heavy atom. The number of carbonyl (C=O) groups is 1. The topological polar surface area (TPSA) is 87.0 Å². The minimum atomic E-state index is -0.611. The largest absolute Gasteiger partial charge is 0.508 e. The van der Waals surface area contributed by atoms with Gasteiger partial charge in [0.2, 0.25) is 0 Å². The van der Waals surface area contributed by atoms with Gasteiger partial charge in [-0.3, -0.25) is 4.79 Å². The van der Waals surface area contributed by atoms with Crippen molar-refractivity contribution in [3.63, 3.8) is 0 Å². The number of phenolic OH excluding ortho intramolecular Hbond substituents is 2. The molecule has 5 nitrogen and oxygen atoms in total. The lowest BCUT2D eigenvalue weighted by Gasteiger charge is -2.44. The molecule has 3 aromatic carbocycles. The summed E-state index contributed by atoms with van der Waals surface area (Å²) in [6, 6.07) is 13.0. The summed E-state index contributed by atoms with van der Waals surface area (Å²) in [5.41, 5.74) is 3.70. The molecule has 0 saturated heterocycles. The first-order chi connectivity index (χ1) is 18.4. The van der Waals surface area contributed by atoms with Crippen molar-refractivity contribution in [2.75, 3.05) is 7.11 Å². The van der Waals surface area contributed by atoms with Crippen molar-refractivity contribution in [1.82, 2.24) is 0 Å². The second-order valence-corrected chi connectivity index (χ2v) is 13.3. The standard InChI is InChI=1S/C31H32O5S2/c1-36-31-27(34)11-7-18-5-9-22(33)15-28(35)25-12-20-3-2-19(25)13-29(20)38-37-16-26-23(30(18)31)10-6-17-4-8-21(32)14-24(17)26/h2-4,6-8,10-11,14,19-20,25,28-29,32,34-35H,5,9,12-13,15-16H2,1H3. The monoisotopic (exact) mass is 548 g/mol. The minimum Gasteiger partial charge on any atom is -0.508 e. The molecule has 0 spiro atoms. The summed E-state index contributed by atoms with van der Waals surface area (Å²) >= 11 is 0. The van der Waals surface area contributed by atoms with E-state index in [0.717, 1.165) is 45.9 Å². The molecule has 0 aromatic heterocycles. The lowest BCUT2D eigenvalue weighted by Crippen LogP contribution is -2.41. The molecule has 3 aromatic rings. The quantitative estimate of drug-likeness (QED) is 0.232. The molecular weight excluding hydrogens is 516 g/mol. The van der Waals surface area contributed by atoms with Crippen LogP contribution < -0.4 is 4.74 Å². The van der Waals surface area contributed by atoms with Gasteiger partial charge in [-0.1, -0.05) is 58.0 Å². The summed E-state index contributed by atoms with van der Waals surface area (Å²) in [6.07, 6.45) is 6.88. The van der Waals surface area contributed by atoms with Gasteiger partial charge in [-0.05, 0) is 82.7 Å². The lowest BCUT2D eigenvalue weighted by molar-refractivity contribution is -0.122. The highest BCUT2D eigenvalue weighted by molar-refractivity contribution is 8.76. The number of Topliss-reactive ketones (excluding diaryl/α,β-unsaturated/α-hetero) is 1. The zero-order valence-electron chi connectivity index (χ0n) is 21.3. The SMILES string of the molecule is COc1c(O)ccc2c1-c1ccc3ccc(O)cc3c1CSSC1CC3C=CC1CC3C(O)CC(=O)CC2. The zero-order valence-corrected chi connectivity index (χ0v) is 22.9. The molecule has 5 aliphatic rings. The highest BCUT2D eigenvalue weighted by atomic mass is 33.1. The van der Waals surface area contributed by atoms with Crippen LogP contribution in [0.25, 0.3) is 21.9 Å². The fourth-order valence-corrected chi connectivity index (χ4v) is 9.61. The number of carbonyl (C=O) groups excluding carboxylic acids is 1. The number of methoxy groups -OCH3 is 1. The van der Waals surface area contributed by atoms with Crippen molar-refractivity contribution in [2.45, 2.75) is 49.2 Å². The number of ketones is 1. The first kappa shape index (κ1) is 25.7. The number of aliphatic hydroxyl groups excluding tert-OH is 1. The van der Waals surface area contributed by atoms with Gasteiger partial charge < -0.3 is 20.1 Å². The Morgan fingerprint density at radius 3 is 2.58 bits per heavy atom. The summed E-state index contributed by atoms with van der Waals surface area (Å²) in [4.78, 5) is 13.1. The summed E-state index contributed by atoms with van der Waals surface area (Å²) in [5.74, 6) is 2.26. The predicted octanol–water partition coefficient (Wildman–Crippen LogP) is 6.66. The maximum Gasteiger partial charge on any atom is 0.168 e. The summed E-state index contributed by atoms with van der Waals surface area (Å²) in [5, 5.41) is 34.6. The van der Waals surface area contributed by atoms with Gasteiger partial charge in [0, 0.05) is 29.4 Å². The first-order valence-electron chi connectivity index (χ1n) is 13.2. The highest BCUT2D eigenvalue weighted by Crippen LogP contribution is 2.52. The summed E-state index contributed by atoms with van der Waals surface area (Å²) < 4.78 is 5.72. The van der Waals surface area contributed by atoms with E-state index in [2.05, 4.69) is 18.2 Å².